The van der Waals surface area contributed by atoms with Gasteiger partial charge in [-0.2, -0.15) is 0 Å². The molecule has 0 aromatic rings. The van der Waals surface area contributed by atoms with Crippen molar-refractivity contribution < 1.29 is 0 Å². The number of hydrogen-bond acceptors (Lipinski definition) is 3. The lowest BCUT2D eigenvalue weighted by molar-refractivity contribution is 0.224. The Kier molecular flexibility index (Phi) is 5.46. The number of likely N-dealkylation sites (N-methyl/N-ethyl adjacent to an activating group) is 1. The average Bonchev–Trinajstić information content (AvgIpc) is 2.91. The monoisotopic (exact) mass is 253 g/mol. The van der Waals surface area contributed by atoms with Crippen molar-refractivity contribution in [2.45, 2.75) is 38.6 Å². The third-order valence-electron chi connectivity index (χ3n) is 4.86. The van der Waals surface area contributed by atoms with Gasteiger partial charge in [0.2, 0.25) is 0 Å². The first-order valence-corrected chi connectivity index (χ1v) is 7.81. The summed E-state index contributed by atoms with van der Waals surface area (Å²) in [5.41, 5.74) is 0. The molecule has 0 spiro atoms. The molecule has 1 N–H and O–H groups in total. The van der Waals surface area contributed by atoms with Crippen LogP contribution in [0.3, 0.4) is 0 Å². The second-order valence-electron chi connectivity index (χ2n) is 6.42. The summed E-state index contributed by atoms with van der Waals surface area (Å²) in [4.78, 5) is 4.93. The number of nitrogens with zero attached hydrogens (tertiary/aromatic N) is 2. The normalized spacial score (nSPS) is 31.5. The Morgan fingerprint density at radius 3 is 2.72 bits per heavy atom. The highest BCUT2D eigenvalue weighted by molar-refractivity contribution is 4.95. The topological polar surface area (TPSA) is 18.5 Å². The number of nitrogens with one attached hydrogen (secondary N) is 1. The fourth-order valence-electron chi connectivity index (χ4n) is 3.77. The lowest BCUT2D eigenvalue weighted by Gasteiger charge is -2.27. The Balaban J connectivity index is 1.72. The fourth-order valence-corrected chi connectivity index (χ4v) is 3.77. The molecule has 3 heteroatoms. The van der Waals surface area contributed by atoms with E-state index in [1.807, 2.05) is 0 Å². The van der Waals surface area contributed by atoms with E-state index in [1.165, 1.54) is 58.4 Å². The Bertz CT molecular complexity index is 242. The van der Waals surface area contributed by atoms with E-state index in [2.05, 4.69) is 36.1 Å². The highest BCUT2D eigenvalue weighted by atomic mass is 15.2. The molecule has 2 rings (SSSR count). The molecule has 3 atom stereocenters. The van der Waals surface area contributed by atoms with Gasteiger partial charge in [-0.3, -0.25) is 0 Å². The van der Waals surface area contributed by atoms with Gasteiger partial charge in [0.25, 0.3) is 0 Å². The van der Waals surface area contributed by atoms with E-state index < -0.39 is 0 Å². The van der Waals surface area contributed by atoms with Crippen molar-refractivity contribution >= 4 is 0 Å². The van der Waals surface area contributed by atoms with Crippen molar-refractivity contribution in [3.8, 4) is 0 Å². The van der Waals surface area contributed by atoms with Crippen LogP contribution in [0.25, 0.3) is 0 Å². The highest BCUT2D eigenvalue weighted by Crippen LogP contribution is 2.37. The first-order valence-electron chi connectivity index (χ1n) is 7.81. The second-order valence-corrected chi connectivity index (χ2v) is 6.42. The molecule has 0 radical (unpaired) electrons. The SMILES string of the molecule is CCN(CCCN(C)C)CC1NCC2CCCC21. The summed E-state index contributed by atoms with van der Waals surface area (Å²) in [6.45, 7) is 8.51. The van der Waals surface area contributed by atoms with Crippen molar-refractivity contribution in [3.63, 3.8) is 0 Å². The first-order chi connectivity index (χ1) is 8.70. The maximum atomic E-state index is 3.77. The molecule has 2 aliphatic rings. The van der Waals surface area contributed by atoms with Crippen molar-refractivity contribution in [1.82, 2.24) is 15.1 Å². The van der Waals surface area contributed by atoms with E-state index in [4.69, 9.17) is 0 Å². The maximum absolute atomic E-state index is 3.77. The van der Waals surface area contributed by atoms with Crippen molar-refractivity contribution in [2.24, 2.45) is 11.8 Å². The van der Waals surface area contributed by atoms with Gasteiger partial charge in [0.15, 0.2) is 0 Å². The summed E-state index contributed by atoms with van der Waals surface area (Å²) in [5.74, 6) is 1.98. The minimum absolute atomic E-state index is 0.775. The van der Waals surface area contributed by atoms with Gasteiger partial charge in [-0.15, -0.1) is 0 Å². The molecule has 0 amide bonds. The minimum atomic E-state index is 0.775. The van der Waals surface area contributed by atoms with Gasteiger partial charge in [0.05, 0.1) is 0 Å². The number of hydrogen-bond donors (Lipinski definition) is 1. The van der Waals surface area contributed by atoms with Crippen LogP contribution in [0.5, 0.6) is 0 Å². The van der Waals surface area contributed by atoms with Crippen LogP contribution in [0, 0.1) is 11.8 Å². The Morgan fingerprint density at radius 1 is 1.17 bits per heavy atom. The van der Waals surface area contributed by atoms with Crippen molar-refractivity contribution in [2.75, 3.05) is 46.8 Å². The number of rotatable bonds is 7. The van der Waals surface area contributed by atoms with Gasteiger partial charge in [0.1, 0.15) is 0 Å². The van der Waals surface area contributed by atoms with Crippen LogP contribution in [0.15, 0.2) is 0 Å². The van der Waals surface area contributed by atoms with Crippen LogP contribution < -0.4 is 5.32 Å². The summed E-state index contributed by atoms with van der Waals surface area (Å²) in [5, 5.41) is 3.77. The molecule has 1 aliphatic heterocycles. The van der Waals surface area contributed by atoms with Gasteiger partial charge >= 0.3 is 0 Å². The van der Waals surface area contributed by atoms with Crippen LogP contribution in [0.4, 0.5) is 0 Å². The van der Waals surface area contributed by atoms with Crippen LogP contribution in [0.1, 0.15) is 32.6 Å². The zero-order valence-electron chi connectivity index (χ0n) is 12.5. The second kappa shape index (κ2) is 6.88. The molecule has 0 bridgehead atoms. The molecule has 2 fully saturated rings. The summed E-state index contributed by atoms with van der Waals surface area (Å²) >= 11 is 0. The molecule has 0 aromatic heterocycles. The fraction of sp³-hybridized carbons (Fsp3) is 1.00. The van der Waals surface area contributed by atoms with Crippen LogP contribution in [0.2, 0.25) is 0 Å². The third kappa shape index (κ3) is 3.69. The lowest BCUT2D eigenvalue weighted by Crippen LogP contribution is -2.41. The Morgan fingerprint density at radius 2 is 2.00 bits per heavy atom. The average molecular weight is 253 g/mol. The summed E-state index contributed by atoms with van der Waals surface area (Å²) < 4.78 is 0. The molecule has 1 saturated carbocycles. The summed E-state index contributed by atoms with van der Waals surface area (Å²) in [6.07, 6.45) is 5.71. The smallest absolute Gasteiger partial charge is 0.0226 e. The van der Waals surface area contributed by atoms with E-state index in [0.29, 0.717) is 0 Å². The molecule has 1 aliphatic carbocycles. The van der Waals surface area contributed by atoms with Gasteiger partial charge in [-0.25, -0.2) is 0 Å². The Hall–Kier alpha value is -0.120. The zero-order chi connectivity index (χ0) is 13.0. The van der Waals surface area contributed by atoms with Crippen molar-refractivity contribution in [1.29, 1.82) is 0 Å². The van der Waals surface area contributed by atoms with E-state index in [-0.39, 0.29) is 0 Å². The zero-order valence-corrected chi connectivity index (χ0v) is 12.5. The van der Waals surface area contributed by atoms with Gasteiger partial charge < -0.3 is 15.1 Å². The molecule has 3 nitrogen and oxygen atoms in total. The van der Waals surface area contributed by atoms with Gasteiger partial charge in [0, 0.05) is 12.6 Å². The van der Waals surface area contributed by atoms with Crippen LogP contribution in [-0.4, -0.2) is 62.7 Å². The Labute approximate surface area is 113 Å². The quantitative estimate of drug-likeness (QED) is 0.744. The maximum Gasteiger partial charge on any atom is 0.0226 e. The molecule has 3 unspecified atom stereocenters. The van der Waals surface area contributed by atoms with E-state index >= 15 is 0 Å². The molecule has 1 heterocycles. The van der Waals surface area contributed by atoms with Crippen LogP contribution in [-0.2, 0) is 0 Å². The molecule has 18 heavy (non-hydrogen) atoms. The predicted octanol–water partition coefficient (Wildman–Crippen LogP) is 1.65. The largest absolute Gasteiger partial charge is 0.312 e. The molecule has 0 aromatic carbocycles. The lowest BCUT2D eigenvalue weighted by atomic mass is 9.94. The molecular formula is C15H31N3. The van der Waals surface area contributed by atoms with E-state index in [9.17, 15) is 0 Å². The molecule has 1 saturated heterocycles. The van der Waals surface area contributed by atoms with Crippen molar-refractivity contribution in [3.05, 3.63) is 0 Å². The van der Waals surface area contributed by atoms with Crippen LogP contribution >= 0.6 is 0 Å². The molecular weight excluding hydrogens is 222 g/mol. The summed E-state index contributed by atoms with van der Waals surface area (Å²) in [7, 11) is 4.33. The predicted molar refractivity (Wildman–Crippen MR) is 77.9 cm³/mol. The van der Waals surface area contributed by atoms with Gasteiger partial charge in [-0.1, -0.05) is 13.3 Å². The van der Waals surface area contributed by atoms with Gasteiger partial charge in [-0.05, 0) is 71.4 Å². The van der Waals surface area contributed by atoms with E-state index in [0.717, 1.165) is 17.9 Å². The van der Waals surface area contributed by atoms with E-state index in [1.54, 1.807) is 0 Å². The first kappa shape index (κ1) is 14.3. The third-order valence-corrected chi connectivity index (χ3v) is 4.86. The number of fused-ring (bicyclic) bond motifs is 1. The minimum Gasteiger partial charge on any atom is -0.312 e. The highest BCUT2D eigenvalue weighted by Gasteiger charge is 2.39. The standard InChI is InChI=1S/C15H31N3/c1-4-18(10-6-9-17(2)3)12-15-14-8-5-7-13(14)11-16-15/h13-16H,4-12H2,1-3H3. The summed E-state index contributed by atoms with van der Waals surface area (Å²) in [6, 6.07) is 0.775. The molecule has 106 valence electrons.